The Morgan fingerprint density at radius 1 is 1.41 bits per heavy atom. The summed E-state index contributed by atoms with van der Waals surface area (Å²) in [5.41, 5.74) is 1.41. The summed E-state index contributed by atoms with van der Waals surface area (Å²) in [6.45, 7) is 1.83. The third kappa shape index (κ3) is 2.16. The van der Waals surface area contributed by atoms with Crippen LogP contribution in [-0.4, -0.2) is 9.97 Å². The number of benzene rings is 1. The first kappa shape index (κ1) is 11.3. The van der Waals surface area contributed by atoms with Gasteiger partial charge in [-0.3, -0.25) is 0 Å². The van der Waals surface area contributed by atoms with Gasteiger partial charge in [0.1, 0.15) is 5.82 Å². The van der Waals surface area contributed by atoms with Crippen LogP contribution < -0.4 is 0 Å². The number of nitrogens with one attached hydrogen (secondary N) is 1. The largest absolute Gasteiger partial charge is 0.342 e. The highest BCUT2D eigenvalue weighted by molar-refractivity contribution is 5.65. The van der Waals surface area contributed by atoms with Gasteiger partial charge < -0.3 is 4.98 Å². The molecule has 1 aromatic carbocycles. The predicted molar refractivity (Wildman–Crippen MR) is 58.4 cm³/mol. The number of hydrogen-bond donors (Lipinski definition) is 1. The highest BCUT2D eigenvalue weighted by Gasteiger charge is 2.13. The third-order valence-corrected chi connectivity index (χ3v) is 2.37. The van der Waals surface area contributed by atoms with E-state index in [-0.39, 0.29) is 11.1 Å². The maximum atomic E-state index is 12.5. The van der Waals surface area contributed by atoms with E-state index in [1.54, 1.807) is 6.20 Å². The summed E-state index contributed by atoms with van der Waals surface area (Å²) in [7, 11) is 0. The van der Waals surface area contributed by atoms with Crippen LogP contribution in [0.2, 0.25) is 0 Å². The second-order valence-corrected chi connectivity index (χ2v) is 3.63. The molecule has 2 aromatic rings. The van der Waals surface area contributed by atoms with Crippen molar-refractivity contribution in [1.29, 1.82) is 5.26 Å². The van der Waals surface area contributed by atoms with Gasteiger partial charge in [-0.2, -0.15) is 5.26 Å². The number of H-pyrrole nitrogens is 1. The fourth-order valence-electron chi connectivity index (χ4n) is 1.55. The van der Waals surface area contributed by atoms with Crippen molar-refractivity contribution in [2.75, 3.05) is 0 Å². The number of aromatic amines is 1. The molecular weight excluding hydrogens is 224 g/mol. The zero-order valence-corrected chi connectivity index (χ0v) is 9.04. The molecule has 17 heavy (non-hydrogen) atoms. The van der Waals surface area contributed by atoms with Crippen LogP contribution in [0.3, 0.4) is 0 Å². The molecule has 0 aliphatic rings. The van der Waals surface area contributed by atoms with Crippen LogP contribution in [0.4, 0.5) is 8.78 Å². The minimum absolute atomic E-state index is 0.159. The van der Waals surface area contributed by atoms with Crippen molar-refractivity contribution < 1.29 is 8.78 Å². The van der Waals surface area contributed by atoms with Crippen molar-refractivity contribution in [2.24, 2.45) is 0 Å². The van der Waals surface area contributed by atoms with E-state index < -0.39 is 6.43 Å². The Kier molecular flexibility index (Phi) is 2.88. The van der Waals surface area contributed by atoms with Gasteiger partial charge in [0.25, 0.3) is 6.43 Å². The van der Waals surface area contributed by atoms with Crippen molar-refractivity contribution in [3.8, 4) is 17.5 Å². The Morgan fingerprint density at radius 3 is 2.71 bits per heavy atom. The van der Waals surface area contributed by atoms with E-state index in [1.807, 2.05) is 13.0 Å². The first-order chi connectivity index (χ1) is 8.11. The molecule has 0 atom stereocenters. The van der Waals surface area contributed by atoms with E-state index in [4.69, 9.17) is 5.26 Å². The SMILES string of the molecule is Cc1cnc(-c2ccc(C(F)F)cc2C#N)[nH]1. The summed E-state index contributed by atoms with van der Waals surface area (Å²) in [6, 6.07) is 5.89. The quantitative estimate of drug-likeness (QED) is 0.865. The summed E-state index contributed by atoms with van der Waals surface area (Å²) in [6.07, 6.45) is -0.952. The molecule has 1 heterocycles. The Bertz CT molecular complexity index is 582. The molecule has 5 heteroatoms. The van der Waals surface area contributed by atoms with Gasteiger partial charge in [-0.05, 0) is 19.1 Å². The zero-order valence-electron chi connectivity index (χ0n) is 9.04. The number of rotatable bonds is 2. The highest BCUT2D eigenvalue weighted by Crippen LogP contribution is 2.26. The molecule has 0 aliphatic carbocycles. The van der Waals surface area contributed by atoms with Crippen LogP contribution in [0, 0.1) is 18.3 Å². The van der Waals surface area contributed by atoms with Gasteiger partial charge in [0, 0.05) is 23.0 Å². The highest BCUT2D eigenvalue weighted by atomic mass is 19.3. The monoisotopic (exact) mass is 233 g/mol. The minimum atomic E-state index is -2.57. The molecule has 0 spiro atoms. The van der Waals surface area contributed by atoms with E-state index in [0.717, 1.165) is 5.69 Å². The first-order valence-corrected chi connectivity index (χ1v) is 4.96. The lowest BCUT2D eigenvalue weighted by Crippen LogP contribution is -1.91. The van der Waals surface area contributed by atoms with E-state index in [9.17, 15) is 8.78 Å². The van der Waals surface area contributed by atoms with Crippen LogP contribution in [-0.2, 0) is 0 Å². The molecule has 0 bridgehead atoms. The summed E-state index contributed by atoms with van der Waals surface area (Å²) < 4.78 is 25.0. The molecule has 0 fully saturated rings. The number of aryl methyl sites for hydroxylation is 1. The maximum Gasteiger partial charge on any atom is 0.263 e. The van der Waals surface area contributed by atoms with Gasteiger partial charge >= 0.3 is 0 Å². The number of alkyl halides is 2. The Morgan fingerprint density at radius 2 is 2.18 bits per heavy atom. The van der Waals surface area contributed by atoms with Crippen LogP contribution in [0.25, 0.3) is 11.4 Å². The molecule has 0 radical (unpaired) electrons. The van der Waals surface area contributed by atoms with Crippen LogP contribution in [0.15, 0.2) is 24.4 Å². The molecule has 0 saturated heterocycles. The Balaban J connectivity index is 2.53. The van der Waals surface area contributed by atoms with E-state index >= 15 is 0 Å². The molecule has 3 nitrogen and oxygen atoms in total. The van der Waals surface area contributed by atoms with Gasteiger partial charge in [0.15, 0.2) is 0 Å². The Hall–Kier alpha value is -2.22. The van der Waals surface area contributed by atoms with Crippen molar-refractivity contribution >= 4 is 0 Å². The molecule has 0 saturated carbocycles. The number of aromatic nitrogens is 2. The lowest BCUT2D eigenvalue weighted by molar-refractivity contribution is 0.151. The standard InChI is InChI=1S/C12H9F2N3/c1-7-6-16-12(17-7)10-3-2-8(11(13)14)4-9(10)5-15/h2-4,6,11H,1H3,(H,16,17). The van der Waals surface area contributed by atoms with Gasteiger partial charge in [0.05, 0.1) is 11.6 Å². The lowest BCUT2D eigenvalue weighted by Gasteiger charge is -2.04. The molecule has 2 rings (SSSR count). The molecule has 0 aliphatic heterocycles. The first-order valence-electron chi connectivity index (χ1n) is 4.96. The summed E-state index contributed by atoms with van der Waals surface area (Å²) in [4.78, 5) is 7.04. The van der Waals surface area contributed by atoms with Crippen LogP contribution >= 0.6 is 0 Å². The van der Waals surface area contributed by atoms with Crippen molar-refractivity contribution in [3.05, 3.63) is 41.2 Å². The third-order valence-electron chi connectivity index (χ3n) is 2.37. The van der Waals surface area contributed by atoms with Gasteiger partial charge in [0.2, 0.25) is 0 Å². The molecule has 0 amide bonds. The molecular formula is C12H9F2N3. The van der Waals surface area contributed by atoms with Gasteiger partial charge in [-0.15, -0.1) is 0 Å². The summed E-state index contributed by atoms with van der Waals surface area (Å²) >= 11 is 0. The second kappa shape index (κ2) is 4.34. The van der Waals surface area contributed by atoms with Crippen LogP contribution in [0.5, 0.6) is 0 Å². The number of imidazole rings is 1. The smallest absolute Gasteiger partial charge is 0.263 e. The predicted octanol–water partition coefficient (Wildman–Crippen LogP) is 3.19. The number of nitriles is 1. The second-order valence-electron chi connectivity index (χ2n) is 3.63. The minimum Gasteiger partial charge on any atom is -0.342 e. The number of nitrogens with zero attached hydrogens (tertiary/aromatic N) is 2. The summed E-state index contributed by atoms with van der Waals surface area (Å²) in [5.74, 6) is 0.514. The fourth-order valence-corrected chi connectivity index (χ4v) is 1.55. The van der Waals surface area contributed by atoms with E-state index in [2.05, 4.69) is 9.97 Å². The normalized spacial score (nSPS) is 10.5. The average molecular weight is 233 g/mol. The molecule has 0 unspecified atom stereocenters. The zero-order chi connectivity index (χ0) is 12.4. The number of halogens is 2. The Labute approximate surface area is 96.7 Å². The van der Waals surface area contributed by atoms with Gasteiger partial charge in [-0.1, -0.05) is 6.07 Å². The van der Waals surface area contributed by atoms with Crippen molar-refractivity contribution in [1.82, 2.24) is 9.97 Å². The topological polar surface area (TPSA) is 52.5 Å². The number of hydrogen-bond acceptors (Lipinski definition) is 2. The van der Waals surface area contributed by atoms with Crippen molar-refractivity contribution in [2.45, 2.75) is 13.3 Å². The van der Waals surface area contributed by atoms with Crippen LogP contribution in [0.1, 0.15) is 23.2 Å². The van der Waals surface area contributed by atoms with E-state index in [1.165, 1.54) is 18.2 Å². The molecule has 1 N–H and O–H groups in total. The average Bonchev–Trinajstić information content (AvgIpc) is 2.74. The maximum absolute atomic E-state index is 12.5. The van der Waals surface area contributed by atoms with E-state index in [0.29, 0.717) is 11.4 Å². The van der Waals surface area contributed by atoms with Crippen molar-refractivity contribution in [3.63, 3.8) is 0 Å². The van der Waals surface area contributed by atoms with Gasteiger partial charge in [-0.25, -0.2) is 13.8 Å². The lowest BCUT2D eigenvalue weighted by atomic mass is 10.0. The molecule has 1 aromatic heterocycles. The fraction of sp³-hybridized carbons (Fsp3) is 0.167. The summed E-state index contributed by atoms with van der Waals surface area (Å²) in [5, 5.41) is 8.96. The molecule has 86 valence electrons.